The van der Waals surface area contributed by atoms with Crippen LogP contribution in [-0.4, -0.2) is 58.7 Å². The Bertz CT molecular complexity index is 801. The molecule has 2 rings (SSSR count). The largest absolute Gasteiger partial charge is 0.497 e. The van der Waals surface area contributed by atoms with Gasteiger partial charge in [0.25, 0.3) is 5.91 Å². The summed E-state index contributed by atoms with van der Waals surface area (Å²) in [5, 5.41) is 2.54. The van der Waals surface area contributed by atoms with Gasteiger partial charge in [0.1, 0.15) is 11.5 Å². The van der Waals surface area contributed by atoms with Gasteiger partial charge in [-0.2, -0.15) is 0 Å². The standard InChI is InChI=1S/C17H21NO7S/c1-23-14-5-3-12(15(9-14)24-2)4-6-17(20)25-10-16(19)18-13-7-8-26(21,22)11-13/h3-6,9,13H,7-8,10-11H2,1-2H3,(H,18,19)/b6-4+/t13-/m0/s1. The van der Waals surface area contributed by atoms with Gasteiger partial charge in [-0.25, -0.2) is 13.2 Å². The van der Waals surface area contributed by atoms with Crippen molar-refractivity contribution in [1.29, 1.82) is 0 Å². The van der Waals surface area contributed by atoms with E-state index in [0.29, 0.717) is 23.5 Å². The molecule has 1 N–H and O–H groups in total. The van der Waals surface area contributed by atoms with E-state index in [0.717, 1.165) is 0 Å². The molecule has 1 amide bonds. The molecule has 1 atom stereocenters. The third-order valence-corrected chi connectivity index (χ3v) is 5.55. The molecular formula is C17H21NO7S. The summed E-state index contributed by atoms with van der Waals surface area (Å²) < 4.78 is 37.8. The Morgan fingerprint density at radius 2 is 2.04 bits per heavy atom. The topological polar surface area (TPSA) is 108 Å². The molecule has 1 aromatic carbocycles. The van der Waals surface area contributed by atoms with Gasteiger partial charge in [0.05, 0.1) is 25.7 Å². The lowest BCUT2D eigenvalue weighted by atomic mass is 10.2. The third-order valence-electron chi connectivity index (χ3n) is 3.78. The molecule has 0 aliphatic carbocycles. The maximum absolute atomic E-state index is 11.7. The molecule has 1 aliphatic rings. The van der Waals surface area contributed by atoms with E-state index < -0.39 is 34.4 Å². The van der Waals surface area contributed by atoms with Gasteiger partial charge in [-0.05, 0) is 24.6 Å². The molecule has 1 aromatic rings. The van der Waals surface area contributed by atoms with E-state index >= 15 is 0 Å². The van der Waals surface area contributed by atoms with Crippen LogP contribution in [0.1, 0.15) is 12.0 Å². The highest BCUT2D eigenvalue weighted by atomic mass is 32.2. The average molecular weight is 383 g/mol. The second-order valence-electron chi connectivity index (χ2n) is 5.72. The predicted molar refractivity (Wildman–Crippen MR) is 94.7 cm³/mol. The Labute approximate surface area is 152 Å². The molecule has 0 unspecified atom stereocenters. The third kappa shape index (κ3) is 5.76. The second-order valence-corrected chi connectivity index (χ2v) is 7.95. The number of benzene rings is 1. The summed E-state index contributed by atoms with van der Waals surface area (Å²) in [4.78, 5) is 23.5. The zero-order valence-electron chi connectivity index (χ0n) is 14.6. The number of hydrogen-bond donors (Lipinski definition) is 1. The first-order valence-corrected chi connectivity index (χ1v) is 9.72. The lowest BCUT2D eigenvalue weighted by molar-refractivity contribution is -0.143. The Morgan fingerprint density at radius 3 is 2.65 bits per heavy atom. The highest BCUT2D eigenvalue weighted by Gasteiger charge is 2.28. The van der Waals surface area contributed by atoms with Crippen LogP contribution >= 0.6 is 0 Å². The molecule has 0 radical (unpaired) electrons. The summed E-state index contributed by atoms with van der Waals surface area (Å²) in [6, 6.07) is 4.68. The number of methoxy groups -OCH3 is 2. The molecule has 0 spiro atoms. The maximum Gasteiger partial charge on any atom is 0.331 e. The number of carbonyl (C=O) groups excluding carboxylic acids is 2. The highest BCUT2D eigenvalue weighted by Crippen LogP contribution is 2.25. The monoisotopic (exact) mass is 383 g/mol. The van der Waals surface area contributed by atoms with Crippen LogP contribution in [0.3, 0.4) is 0 Å². The van der Waals surface area contributed by atoms with Gasteiger partial charge in [0, 0.05) is 23.7 Å². The zero-order valence-corrected chi connectivity index (χ0v) is 15.4. The molecule has 142 valence electrons. The SMILES string of the molecule is COc1ccc(/C=C/C(=O)OCC(=O)N[C@H]2CCS(=O)(=O)C2)c(OC)c1. The summed E-state index contributed by atoms with van der Waals surface area (Å²) in [5.74, 6) is -0.109. The number of carbonyl (C=O) groups is 2. The van der Waals surface area contributed by atoms with Gasteiger partial charge in [0.15, 0.2) is 16.4 Å². The van der Waals surface area contributed by atoms with Crippen LogP contribution in [0.2, 0.25) is 0 Å². The van der Waals surface area contributed by atoms with Crippen LogP contribution < -0.4 is 14.8 Å². The fraction of sp³-hybridized carbons (Fsp3) is 0.412. The number of amides is 1. The van der Waals surface area contributed by atoms with Crippen LogP contribution in [0.15, 0.2) is 24.3 Å². The van der Waals surface area contributed by atoms with Crippen LogP contribution in [0.5, 0.6) is 11.5 Å². The molecule has 0 aromatic heterocycles. The maximum atomic E-state index is 11.7. The van der Waals surface area contributed by atoms with Gasteiger partial charge in [-0.3, -0.25) is 4.79 Å². The van der Waals surface area contributed by atoms with Crippen LogP contribution in [0.25, 0.3) is 6.08 Å². The predicted octanol–water partition coefficient (Wildman–Crippen LogP) is 0.564. The van der Waals surface area contributed by atoms with Gasteiger partial charge < -0.3 is 19.5 Å². The number of ether oxygens (including phenoxy) is 3. The van der Waals surface area contributed by atoms with Gasteiger partial charge in [-0.15, -0.1) is 0 Å². The molecule has 0 saturated carbocycles. The molecule has 1 heterocycles. The van der Waals surface area contributed by atoms with Crippen LogP contribution in [-0.2, 0) is 24.2 Å². The van der Waals surface area contributed by atoms with Crippen molar-refractivity contribution in [3.63, 3.8) is 0 Å². The fourth-order valence-electron chi connectivity index (χ4n) is 2.48. The number of rotatable bonds is 7. The lowest BCUT2D eigenvalue weighted by Crippen LogP contribution is -2.38. The fourth-order valence-corrected chi connectivity index (χ4v) is 4.15. The Balaban J connectivity index is 1.83. The summed E-state index contributed by atoms with van der Waals surface area (Å²) in [7, 11) is -0.0444. The van der Waals surface area contributed by atoms with Crippen molar-refractivity contribution < 1.29 is 32.2 Å². The molecule has 1 saturated heterocycles. The summed E-state index contributed by atoms with van der Waals surface area (Å²) in [5.41, 5.74) is 0.644. The van der Waals surface area contributed by atoms with E-state index in [9.17, 15) is 18.0 Å². The van der Waals surface area contributed by atoms with E-state index in [1.165, 1.54) is 26.4 Å². The van der Waals surface area contributed by atoms with Crippen molar-refractivity contribution in [2.45, 2.75) is 12.5 Å². The molecule has 0 bridgehead atoms. The van der Waals surface area contributed by atoms with E-state index in [4.69, 9.17) is 14.2 Å². The Hall–Kier alpha value is -2.55. The molecule has 9 heteroatoms. The first-order valence-electron chi connectivity index (χ1n) is 7.89. The number of hydrogen-bond acceptors (Lipinski definition) is 7. The second kappa shape index (κ2) is 8.70. The minimum Gasteiger partial charge on any atom is -0.497 e. The lowest BCUT2D eigenvalue weighted by Gasteiger charge is -2.10. The molecule has 8 nitrogen and oxygen atoms in total. The smallest absolute Gasteiger partial charge is 0.331 e. The van der Waals surface area contributed by atoms with Crippen molar-refractivity contribution in [3.8, 4) is 11.5 Å². The van der Waals surface area contributed by atoms with Gasteiger partial charge in [-0.1, -0.05) is 0 Å². The quantitative estimate of drug-likeness (QED) is 0.541. The zero-order chi connectivity index (χ0) is 19.2. The van der Waals surface area contributed by atoms with Crippen LogP contribution in [0, 0.1) is 0 Å². The molecule has 1 fully saturated rings. The molecule has 26 heavy (non-hydrogen) atoms. The first kappa shape index (κ1) is 19.8. The van der Waals surface area contributed by atoms with E-state index in [-0.39, 0.29) is 11.5 Å². The summed E-state index contributed by atoms with van der Waals surface area (Å²) in [6.45, 7) is -0.473. The summed E-state index contributed by atoms with van der Waals surface area (Å²) >= 11 is 0. The Kier molecular flexibility index (Phi) is 6.62. The first-order chi connectivity index (χ1) is 12.3. The highest BCUT2D eigenvalue weighted by molar-refractivity contribution is 7.91. The van der Waals surface area contributed by atoms with Crippen molar-refractivity contribution >= 4 is 27.8 Å². The van der Waals surface area contributed by atoms with E-state index in [1.54, 1.807) is 18.2 Å². The minimum absolute atomic E-state index is 0.0597. The van der Waals surface area contributed by atoms with Crippen molar-refractivity contribution in [2.75, 3.05) is 32.3 Å². The average Bonchev–Trinajstić information content (AvgIpc) is 2.96. The Morgan fingerprint density at radius 1 is 1.27 bits per heavy atom. The number of esters is 1. The molecule has 1 aliphatic heterocycles. The number of nitrogens with one attached hydrogen (secondary N) is 1. The van der Waals surface area contributed by atoms with E-state index in [1.807, 2.05) is 0 Å². The molecular weight excluding hydrogens is 362 g/mol. The van der Waals surface area contributed by atoms with Gasteiger partial charge in [0.2, 0.25) is 0 Å². The van der Waals surface area contributed by atoms with Crippen LogP contribution in [0.4, 0.5) is 0 Å². The minimum atomic E-state index is -3.08. The van der Waals surface area contributed by atoms with Crippen molar-refractivity contribution in [1.82, 2.24) is 5.32 Å². The van der Waals surface area contributed by atoms with Crippen molar-refractivity contribution in [3.05, 3.63) is 29.8 Å². The van der Waals surface area contributed by atoms with Gasteiger partial charge >= 0.3 is 5.97 Å². The van der Waals surface area contributed by atoms with Crippen molar-refractivity contribution in [2.24, 2.45) is 0 Å². The normalized spacial score (nSPS) is 18.5. The number of sulfone groups is 1. The summed E-state index contributed by atoms with van der Waals surface area (Å²) in [6.07, 6.45) is 3.05. The van der Waals surface area contributed by atoms with E-state index in [2.05, 4.69) is 5.32 Å².